The van der Waals surface area contributed by atoms with Gasteiger partial charge in [0.25, 0.3) is 0 Å². The molecule has 2 nitrogen and oxygen atoms in total. The Kier molecular flexibility index (Phi) is 7.48. The van der Waals surface area contributed by atoms with Gasteiger partial charge in [0.05, 0.1) is 5.51 Å². The molecule has 3 heteroatoms. The van der Waals surface area contributed by atoms with Crippen molar-refractivity contribution >= 4 is 11.3 Å². The molecule has 0 aliphatic carbocycles. The van der Waals surface area contributed by atoms with E-state index in [1.165, 1.54) is 56.2 Å². The second kappa shape index (κ2) is 8.86. The zero-order chi connectivity index (χ0) is 10.8. The number of hydrogen-bond donors (Lipinski definition) is 1. The molecule has 0 atom stereocenters. The van der Waals surface area contributed by atoms with Crippen LogP contribution in [0.3, 0.4) is 0 Å². The Hall–Kier alpha value is -0.410. The summed E-state index contributed by atoms with van der Waals surface area (Å²) in [4.78, 5) is 5.51. The molecular formula is C12H22N2S. The molecule has 86 valence electrons. The fourth-order valence-corrected chi connectivity index (χ4v) is 2.33. The van der Waals surface area contributed by atoms with E-state index >= 15 is 0 Å². The summed E-state index contributed by atoms with van der Waals surface area (Å²) < 4.78 is 0. The molecular weight excluding hydrogens is 204 g/mol. The molecule has 0 unspecified atom stereocenters. The molecule has 2 N–H and O–H groups in total. The van der Waals surface area contributed by atoms with Crippen LogP contribution >= 0.6 is 11.3 Å². The van der Waals surface area contributed by atoms with E-state index in [1.807, 2.05) is 11.7 Å². The van der Waals surface area contributed by atoms with E-state index in [4.69, 9.17) is 5.73 Å². The van der Waals surface area contributed by atoms with Crippen LogP contribution in [0.4, 0.5) is 0 Å². The number of aromatic nitrogens is 1. The quantitative estimate of drug-likeness (QED) is 0.656. The van der Waals surface area contributed by atoms with Crippen molar-refractivity contribution in [2.75, 3.05) is 6.54 Å². The largest absolute Gasteiger partial charge is 0.330 e. The highest BCUT2D eigenvalue weighted by molar-refractivity contribution is 7.09. The lowest BCUT2D eigenvalue weighted by molar-refractivity contribution is 0.583. The molecule has 1 aromatic rings. The maximum Gasteiger partial charge on any atom is 0.0794 e. The van der Waals surface area contributed by atoms with Crippen molar-refractivity contribution in [1.82, 2.24) is 4.98 Å². The third kappa shape index (κ3) is 6.63. The van der Waals surface area contributed by atoms with Gasteiger partial charge >= 0.3 is 0 Å². The molecule has 1 aromatic heterocycles. The minimum absolute atomic E-state index is 0.853. The summed E-state index contributed by atoms with van der Waals surface area (Å²) in [5.74, 6) is 0. The Morgan fingerprint density at radius 2 is 1.67 bits per heavy atom. The minimum atomic E-state index is 0.853. The highest BCUT2D eigenvalue weighted by Gasteiger charge is 1.95. The van der Waals surface area contributed by atoms with E-state index in [9.17, 15) is 0 Å². The first kappa shape index (κ1) is 12.7. The highest BCUT2D eigenvalue weighted by Crippen LogP contribution is 2.12. The Balaban J connectivity index is 1.81. The van der Waals surface area contributed by atoms with Crippen molar-refractivity contribution < 1.29 is 0 Å². The predicted octanol–water partition coefficient (Wildman–Crippen LogP) is 3.38. The number of aryl methyl sites for hydroxylation is 1. The zero-order valence-corrected chi connectivity index (χ0v) is 10.3. The summed E-state index contributed by atoms with van der Waals surface area (Å²) in [7, 11) is 0. The van der Waals surface area contributed by atoms with Gasteiger partial charge in [0.1, 0.15) is 0 Å². The van der Waals surface area contributed by atoms with Gasteiger partial charge in [-0.3, -0.25) is 4.98 Å². The average Bonchev–Trinajstić information content (AvgIpc) is 2.75. The van der Waals surface area contributed by atoms with E-state index < -0.39 is 0 Å². The van der Waals surface area contributed by atoms with Gasteiger partial charge in [0, 0.05) is 11.1 Å². The van der Waals surface area contributed by atoms with Crippen molar-refractivity contribution in [2.24, 2.45) is 5.73 Å². The van der Waals surface area contributed by atoms with Crippen molar-refractivity contribution in [3.63, 3.8) is 0 Å². The third-order valence-electron chi connectivity index (χ3n) is 2.61. The SMILES string of the molecule is NCCCCCCCCCc1cncs1. The standard InChI is InChI=1S/C12H22N2S/c13-9-7-5-3-1-2-4-6-8-12-10-14-11-15-12/h10-11H,1-9,13H2. The summed E-state index contributed by atoms with van der Waals surface area (Å²) in [6.07, 6.45) is 12.5. The van der Waals surface area contributed by atoms with Gasteiger partial charge in [-0.05, 0) is 25.8 Å². The lowest BCUT2D eigenvalue weighted by atomic mass is 10.1. The number of rotatable bonds is 9. The molecule has 1 rings (SSSR count). The second-order valence-corrected chi connectivity index (χ2v) is 4.95. The molecule has 0 radical (unpaired) electrons. The van der Waals surface area contributed by atoms with E-state index in [2.05, 4.69) is 4.98 Å². The fraction of sp³-hybridized carbons (Fsp3) is 0.750. The van der Waals surface area contributed by atoms with Crippen LogP contribution in [0.25, 0.3) is 0 Å². The van der Waals surface area contributed by atoms with Crippen LogP contribution in [-0.2, 0) is 6.42 Å². The van der Waals surface area contributed by atoms with Crippen molar-refractivity contribution in [3.05, 3.63) is 16.6 Å². The van der Waals surface area contributed by atoms with Gasteiger partial charge in [-0.15, -0.1) is 11.3 Å². The molecule has 0 saturated carbocycles. The topological polar surface area (TPSA) is 38.9 Å². The molecule has 0 saturated heterocycles. The van der Waals surface area contributed by atoms with Crippen molar-refractivity contribution in [2.45, 2.75) is 51.4 Å². The molecule has 15 heavy (non-hydrogen) atoms. The van der Waals surface area contributed by atoms with Crippen molar-refractivity contribution in [3.8, 4) is 0 Å². The number of unbranched alkanes of at least 4 members (excludes halogenated alkanes) is 6. The van der Waals surface area contributed by atoms with E-state index in [0.717, 1.165) is 6.54 Å². The average molecular weight is 226 g/mol. The maximum absolute atomic E-state index is 5.44. The van der Waals surface area contributed by atoms with E-state index in [1.54, 1.807) is 11.3 Å². The molecule has 0 aromatic carbocycles. The van der Waals surface area contributed by atoms with Crippen LogP contribution in [-0.4, -0.2) is 11.5 Å². The lowest BCUT2D eigenvalue weighted by Gasteiger charge is -2.00. The first-order chi connectivity index (χ1) is 7.43. The Labute approximate surface area is 96.9 Å². The van der Waals surface area contributed by atoms with Crippen molar-refractivity contribution in [1.29, 1.82) is 0 Å². The van der Waals surface area contributed by atoms with E-state index in [0.29, 0.717) is 0 Å². The molecule has 0 spiro atoms. The summed E-state index contributed by atoms with van der Waals surface area (Å²) in [5.41, 5.74) is 7.36. The first-order valence-electron chi connectivity index (χ1n) is 6.01. The van der Waals surface area contributed by atoms with Crippen LogP contribution in [0, 0.1) is 0 Å². The Morgan fingerprint density at radius 3 is 2.27 bits per heavy atom. The summed E-state index contributed by atoms with van der Waals surface area (Å²) in [5, 5.41) is 0. The number of thiazole rings is 1. The Morgan fingerprint density at radius 1 is 1.00 bits per heavy atom. The van der Waals surface area contributed by atoms with Gasteiger partial charge < -0.3 is 5.73 Å². The fourth-order valence-electron chi connectivity index (χ4n) is 1.69. The van der Waals surface area contributed by atoms with Crippen LogP contribution in [0.1, 0.15) is 49.8 Å². The summed E-state index contributed by atoms with van der Waals surface area (Å²) in [6, 6.07) is 0. The number of nitrogens with two attached hydrogens (primary N) is 1. The predicted molar refractivity (Wildman–Crippen MR) is 67.2 cm³/mol. The smallest absolute Gasteiger partial charge is 0.0794 e. The highest BCUT2D eigenvalue weighted by atomic mass is 32.1. The zero-order valence-electron chi connectivity index (χ0n) is 9.45. The van der Waals surface area contributed by atoms with Gasteiger partial charge in [0.2, 0.25) is 0 Å². The monoisotopic (exact) mass is 226 g/mol. The molecule has 0 fully saturated rings. The molecule has 1 heterocycles. The summed E-state index contributed by atoms with van der Waals surface area (Å²) >= 11 is 1.77. The van der Waals surface area contributed by atoms with Gasteiger partial charge in [-0.2, -0.15) is 0 Å². The van der Waals surface area contributed by atoms with Crippen LogP contribution in [0.2, 0.25) is 0 Å². The molecule has 0 aliphatic rings. The molecule has 0 aliphatic heterocycles. The molecule has 0 bridgehead atoms. The van der Waals surface area contributed by atoms with E-state index in [-0.39, 0.29) is 0 Å². The van der Waals surface area contributed by atoms with Gasteiger partial charge in [-0.25, -0.2) is 0 Å². The Bertz CT molecular complexity index is 222. The second-order valence-electron chi connectivity index (χ2n) is 3.98. The van der Waals surface area contributed by atoms with Crippen LogP contribution < -0.4 is 5.73 Å². The normalized spacial score (nSPS) is 10.7. The van der Waals surface area contributed by atoms with Gasteiger partial charge in [0.15, 0.2) is 0 Å². The third-order valence-corrected chi connectivity index (χ3v) is 3.45. The van der Waals surface area contributed by atoms with Crippen LogP contribution in [0.5, 0.6) is 0 Å². The minimum Gasteiger partial charge on any atom is -0.330 e. The van der Waals surface area contributed by atoms with Gasteiger partial charge in [-0.1, -0.05) is 32.1 Å². The maximum atomic E-state index is 5.44. The first-order valence-corrected chi connectivity index (χ1v) is 6.89. The summed E-state index contributed by atoms with van der Waals surface area (Å²) in [6.45, 7) is 0.853. The van der Waals surface area contributed by atoms with Crippen LogP contribution in [0.15, 0.2) is 11.7 Å². The molecule has 0 amide bonds. The lowest BCUT2D eigenvalue weighted by Crippen LogP contribution is -1.97. The number of nitrogens with zero attached hydrogens (tertiary/aromatic N) is 1. The number of hydrogen-bond acceptors (Lipinski definition) is 3.